The summed E-state index contributed by atoms with van der Waals surface area (Å²) in [5.74, 6) is -0.360. The fraction of sp³-hybridized carbons (Fsp3) is 0.722. The number of piperidine rings is 1. The normalized spacial score (nSPS) is 27.9. The van der Waals surface area contributed by atoms with E-state index in [1.54, 1.807) is 11.3 Å². The van der Waals surface area contributed by atoms with Gasteiger partial charge in [-0.25, -0.2) is 4.98 Å². The van der Waals surface area contributed by atoms with Gasteiger partial charge < -0.3 is 10.0 Å². The first-order chi connectivity index (χ1) is 11.6. The molecule has 1 amide bonds. The molecular formula is C18H26N2O3S. The Kier molecular flexibility index (Phi) is 5.54. The highest BCUT2D eigenvalue weighted by Gasteiger charge is 2.34. The van der Waals surface area contributed by atoms with E-state index in [4.69, 9.17) is 10.1 Å². The Morgan fingerprint density at radius 2 is 1.96 bits per heavy atom. The van der Waals surface area contributed by atoms with Crippen molar-refractivity contribution in [3.8, 4) is 0 Å². The number of likely N-dealkylation sites (tertiary alicyclic amines) is 1. The molecule has 3 rings (SSSR count). The van der Waals surface area contributed by atoms with Gasteiger partial charge in [0.25, 0.3) is 0 Å². The van der Waals surface area contributed by atoms with Crippen LogP contribution in [0, 0.1) is 11.8 Å². The molecule has 132 valence electrons. The Bertz CT molecular complexity index is 593. The number of amides is 1. The predicted molar refractivity (Wildman–Crippen MR) is 93.1 cm³/mol. The first kappa shape index (κ1) is 17.4. The van der Waals surface area contributed by atoms with Crippen LogP contribution in [0.25, 0.3) is 0 Å². The largest absolute Gasteiger partial charge is 0.481 e. The number of carboxylic acids is 1. The summed E-state index contributed by atoms with van der Waals surface area (Å²) >= 11 is 1.72. The molecule has 2 heterocycles. The van der Waals surface area contributed by atoms with Gasteiger partial charge in [0.2, 0.25) is 5.91 Å². The smallest absolute Gasteiger partial charge is 0.306 e. The molecule has 0 aromatic carbocycles. The number of aryl methyl sites for hydroxylation is 1. The van der Waals surface area contributed by atoms with E-state index in [-0.39, 0.29) is 17.7 Å². The van der Waals surface area contributed by atoms with Crippen LogP contribution in [-0.2, 0) is 16.0 Å². The quantitative estimate of drug-likeness (QED) is 0.904. The van der Waals surface area contributed by atoms with Crippen LogP contribution in [0.5, 0.6) is 0 Å². The number of nitrogens with zero attached hydrogens (tertiary/aromatic N) is 2. The zero-order valence-electron chi connectivity index (χ0n) is 14.2. The molecule has 1 unspecified atom stereocenters. The number of thiazole rings is 1. The zero-order valence-corrected chi connectivity index (χ0v) is 15.1. The Morgan fingerprint density at radius 1 is 1.25 bits per heavy atom. The molecule has 1 aliphatic carbocycles. The lowest BCUT2D eigenvalue weighted by Gasteiger charge is -2.36. The summed E-state index contributed by atoms with van der Waals surface area (Å²) in [6.07, 6.45) is 5.79. The fourth-order valence-corrected chi connectivity index (χ4v) is 4.93. The van der Waals surface area contributed by atoms with Crippen molar-refractivity contribution < 1.29 is 14.7 Å². The lowest BCUT2D eigenvalue weighted by Crippen LogP contribution is -2.43. The molecular weight excluding hydrogens is 324 g/mol. The van der Waals surface area contributed by atoms with Gasteiger partial charge >= 0.3 is 5.97 Å². The Labute approximate surface area is 147 Å². The maximum Gasteiger partial charge on any atom is 0.306 e. The van der Waals surface area contributed by atoms with Gasteiger partial charge in [0.15, 0.2) is 0 Å². The predicted octanol–water partition coefficient (Wildman–Crippen LogP) is 3.30. The molecule has 2 fully saturated rings. The number of hydrogen-bond donors (Lipinski definition) is 1. The minimum absolute atomic E-state index is 0.0156. The minimum Gasteiger partial charge on any atom is -0.481 e. The van der Waals surface area contributed by atoms with E-state index >= 15 is 0 Å². The number of rotatable bonds is 4. The number of carboxylic acid groups (broad SMARTS) is 1. The average molecular weight is 350 g/mol. The third kappa shape index (κ3) is 3.79. The number of aromatic nitrogens is 1. The van der Waals surface area contributed by atoms with Crippen molar-refractivity contribution in [2.24, 2.45) is 11.8 Å². The maximum atomic E-state index is 12.8. The topological polar surface area (TPSA) is 70.5 Å². The summed E-state index contributed by atoms with van der Waals surface area (Å²) in [5, 5.41) is 12.4. The van der Waals surface area contributed by atoms with E-state index < -0.39 is 5.97 Å². The van der Waals surface area contributed by atoms with E-state index in [1.807, 2.05) is 4.90 Å². The van der Waals surface area contributed by atoms with Gasteiger partial charge in [0.1, 0.15) is 0 Å². The van der Waals surface area contributed by atoms with E-state index in [2.05, 4.69) is 12.3 Å². The van der Waals surface area contributed by atoms with Crippen molar-refractivity contribution in [2.75, 3.05) is 13.1 Å². The Hall–Kier alpha value is -1.43. The third-order valence-electron chi connectivity index (χ3n) is 5.44. The second kappa shape index (κ2) is 7.64. The van der Waals surface area contributed by atoms with Crippen LogP contribution in [0.2, 0.25) is 0 Å². The molecule has 1 aliphatic heterocycles. The van der Waals surface area contributed by atoms with Crippen molar-refractivity contribution >= 4 is 23.2 Å². The molecule has 0 spiro atoms. The molecule has 1 saturated heterocycles. The van der Waals surface area contributed by atoms with E-state index in [1.165, 1.54) is 5.01 Å². The van der Waals surface area contributed by atoms with Crippen LogP contribution in [0.4, 0.5) is 0 Å². The molecule has 6 heteroatoms. The summed E-state index contributed by atoms with van der Waals surface area (Å²) in [6, 6.07) is 0. The summed E-state index contributed by atoms with van der Waals surface area (Å²) < 4.78 is 0. The first-order valence-electron chi connectivity index (χ1n) is 9.04. The summed E-state index contributed by atoms with van der Waals surface area (Å²) in [5.41, 5.74) is 1.14. The summed E-state index contributed by atoms with van der Waals surface area (Å²) in [4.78, 5) is 30.6. The number of hydrogen-bond acceptors (Lipinski definition) is 4. The molecule has 2 aliphatic rings. The SMILES string of the molecule is CCc1csc(C2CCCN(C(=O)C3CCC(C(=O)O)CC3)C2)n1. The highest BCUT2D eigenvalue weighted by Crippen LogP contribution is 2.34. The van der Waals surface area contributed by atoms with Gasteiger partial charge in [0, 0.05) is 30.3 Å². The van der Waals surface area contributed by atoms with Gasteiger partial charge in [-0.3, -0.25) is 9.59 Å². The molecule has 1 aromatic heterocycles. The lowest BCUT2D eigenvalue weighted by atomic mass is 9.81. The van der Waals surface area contributed by atoms with E-state index in [9.17, 15) is 9.59 Å². The fourth-order valence-electron chi connectivity index (χ4n) is 3.90. The summed E-state index contributed by atoms with van der Waals surface area (Å²) in [6.45, 7) is 3.72. The molecule has 1 N–H and O–H groups in total. The average Bonchev–Trinajstić information content (AvgIpc) is 3.10. The van der Waals surface area contributed by atoms with Gasteiger partial charge in [-0.1, -0.05) is 6.92 Å². The number of carbonyl (C=O) groups is 2. The van der Waals surface area contributed by atoms with Crippen molar-refractivity contribution in [3.63, 3.8) is 0 Å². The molecule has 24 heavy (non-hydrogen) atoms. The number of aliphatic carboxylic acids is 1. The first-order valence-corrected chi connectivity index (χ1v) is 9.92. The highest BCUT2D eigenvalue weighted by molar-refractivity contribution is 7.09. The molecule has 5 nitrogen and oxygen atoms in total. The molecule has 1 saturated carbocycles. The Morgan fingerprint density at radius 3 is 2.58 bits per heavy atom. The van der Waals surface area contributed by atoms with Gasteiger partial charge in [-0.15, -0.1) is 11.3 Å². The molecule has 0 bridgehead atoms. The van der Waals surface area contributed by atoms with Crippen molar-refractivity contribution in [3.05, 3.63) is 16.1 Å². The molecule has 1 atom stereocenters. The van der Waals surface area contributed by atoms with Crippen LogP contribution in [-0.4, -0.2) is 40.0 Å². The van der Waals surface area contributed by atoms with Crippen LogP contribution in [0.15, 0.2) is 5.38 Å². The van der Waals surface area contributed by atoms with Crippen LogP contribution in [0.3, 0.4) is 0 Å². The second-order valence-corrected chi connectivity index (χ2v) is 7.93. The second-order valence-electron chi connectivity index (χ2n) is 7.04. The lowest BCUT2D eigenvalue weighted by molar-refractivity contribution is -0.146. The van der Waals surface area contributed by atoms with Crippen molar-refractivity contribution in [1.29, 1.82) is 0 Å². The molecule has 0 radical (unpaired) electrons. The maximum absolute atomic E-state index is 12.8. The van der Waals surface area contributed by atoms with E-state index in [0.717, 1.165) is 38.0 Å². The standard InChI is InChI=1S/C18H26N2O3S/c1-2-15-11-24-16(19-15)14-4-3-9-20(10-14)17(21)12-5-7-13(8-6-12)18(22)23/h11-14H,2-10H2,1H3,(H,22,23). The van der Waals surface area contributed by atoms with Gasteiger partial charge in [-0.2, -0.15) is 0 Å². The van der Waals surface area contributed by atoms with Crippen LogP contribution < -0.4 is 0 Å². The Balaban J connectivity index is 1.58. The number of carbonyl (C=O) groups excluding carboxylic acids is 1. The van der Waals surface area contributed by atoms with Crippen molar-refractivity contribution in [2.45, 2.75) is 57.8 Å². The zero-order chi connectivity index (χ0) is 17.1. The van der Waals surface area contributed by atoms with Gasteiger partial charge in [0.05, 0.1) is 16.6 Å². The third-order valence-corrected chi connectivity index (χ3v) is 6.50. The van der Waals surface area contributed by atoms with Gasteiger partial charge in [-0.05, 0) is 44.9 Å². The van der Waals surface area contributed by atoms with Crippen LogP contribution >= 0.6 is 11.3 Å². The van der Waals surface area contributed by atoms with Crippen LogP contribution in [0.1, 0.15) is 62.1 Å². The highest BCUT2D eigenvalue weighted by atomic mass is 32.1. The van der Waals surface area contributed by atoms with E-state index in [0.29, 0.717) is 31.6 Å². The van der Waals surface area contributed by atoms with Crippen molar-refractivity contribution in [1.82, 2.24) is 9.88 Å². The summed E-state index contributed by atoms with van der Waals surface area (Å²) in [7, 11) is 0. The molecule has 1 aromatic rings. The monoisotopic (exact) mass is 350 g/mol. The minimum atomic E-state index is -0.713.